The first kappa shape index (κ1) is 14.4. The number of rotatable bonds is 5. The first-order valence-corrected chi connectivity index (χ1v) is 5.74. The quantitative estimate of drug-likeness (QED) is 0.761. The van der Waals surface area contributed by atoms with Crippen LogP contribution in [0.2, 0.25) is 0 Å². The lowest BCUT2D eigenvalue weighted by Gasteiger charge is -2.27. The molecule has 100 valence electrons. The van der Waals surface area contributed by atoms with Crippen molar-refractivity contribution >= 4 is 5.97 Å². The average Bonchev–Trinajstić information content (AvgIpc) is 2.33. The standard InChI is InChI=1S/C13H16F2O3/c1-4-13(3,12(16)17-5-2)18-11-7-6-9(14)8-10(11)15/h6-8H,4-5H2,1-3H3. The van der Waals surface area contributed by atoms with E-state index in [4.69, 9.17) is 9.47 Å². The maximum absolute atomic E-state index is 13.4. The molecular weight excluding hydrogens is 242 g/mol. The van der Waals surface area contributed by atoms with Crippen LogP contribution >= 0.6 is 0 Å². The Kier molecular flexibility index (Phi) is 4.64. The summed E-state index contributed by atoms with van der Waals surface area (Å²) < 4.78 is 36.4. The highest BCUT2D eigenvalue weighted by atomic mass is 19.1. The van der Waals surface area contributed by atoms with E-state index in [2.05, 4.69) is 0 Å². The van der Waals surface area contributed by atoms with E-state index >= 15 is 0 Å². The Morgan fingerprint density at radius 1 is 1.33 bits per heavy atom. The molecule has 1 unspecified atom stereocenters. The largest absolute Gasteiger partial charge is 0.473 e. The number of hydrogen-bond donors (Lipinski definition) is 0. The first-order valence-electron chi connectivity index (χ1n) is 5.74. The van der Waals surface area contributed by atoms with Gasteiger partial charge in [-0.05, 0) is 32.4 Å². The fraction of sp³-hybridized carbons (Fsp3) is 0.462. The van der Waals surface area contributed by atoms with Crippen molar-refractivity contribution in [2.75, 3.05) is 6.61 Å². The molecule has 0 N–H and O–H groups in total. The molecule has 0 aliphatic rings. The number of hydrogen-bond acceptors (Lipinski definition) is 3. The van der Waals surface area contributed by atoms with Crippen molar-refractivity contribution in [3.63, 3.8) is 0 Å². The van der Waals surface area contributed by atoms with E-state index in [1.54, 1.807) is 13.8 Å². The van der Waals surface area contributed by atoms with Crippen molar-refractivity contribution in [2.24, 2.45) is 0 Å². The van der Waals surface area contributed by atoms with Crippen molar-refractivity contribution < 1.29 is 23.0 Å². The van der Waals surface area contributed by atoms with Crippen LogP contribution in [0.1, 0.15) is 27.2 Å². The van der Waals surface area contributed by atoms with E-state index in [0.717, 1.165) is 12.1 Å². The molecule has 0 spiro atoms. The zero-order chi connectivity index (χ0) is 13.8. The second-order valence-corrected chi connectivity index (χ2v) is 3.98. The average molecular weight is 258 g/mol. The van der Waals surface area contributed by atoms with Crippen LogP contribution in [0.25, 0.3) is 0 Å². The maximum Gasteiger partial charge on any atom is 0.350 e. The van der Waals surface area contributed by atoms with Gasteiger partial charge in [-0.3, -0.25) is 0 Å². The summed E-state index contributed by atoms with van der Waals surface area (Å²) in [6, 6.07) is 2.92. The molecule has 1 atom stereocenters. The van der Waals surface area contributed by atoms with Crippen LogP contribution in [0.15, 0.2) is 18.2 Å². The molecule has 0 bridgehead atoms. The molecule has 0 saturated heterocycles. The Morgan fingerprint density at radius 2 is 2.00 bits per heavy atom. The van der Waals surface area contributed by atoms with Gasteiger partial charge in [-0.1, -0.05) is 6.92 Å². The molecule has 0 heterocycles. The Balaban J connectivity index is 2.94. The molecule has 0 saturated carbocycles. The van der Waals surface area contributed by atoms with Gasteiger partial charge in [0.2, 0.25) is 5.60 Å². The van der Waals surface area contributed by atoms with Crippen LogP contribution in [0.5, 0.6) is 5.75 Å². The molecule has 1 aromatic rings. The number of benzene rings is 1. The van der Waals surface area contributed by atoms with Gasteiger partial charge in [0.15, 0.2) is 11.6 Å². The fourth-order valence-corrected chi connectivity index (χ4v) is 1.34. The molecule has 0 fully saturated rings. The van der Waals surface area contributed by atoms with Crippen LogP contribution in [0.4, 0.5) is 8.78 Å². The second-order valence-electron chi connectivity index (χ2n) is 3.98. The minimum atomic E-state index is -1.28. The van der Waals surface area contributed by atoms with Crippen LogP contribution in [-0.4, -0.2) is 18.2 Å². The van der Waals surface area contributed by atoms with E-state index in [0.29, 0.717) is 12.5 Å². The van der Waals surface area contributed by atoms with Gasteiger partial charge in [0.25, 0.3) is 0 Å². The number of carbonyl (C=O) groups is 1. The van der Waals surface area contributed by atoms with Gasteiger partial charge >= 0.3 is 5.97 Å². The summed E-state index contributed by atoms with van der Waals surface area (Å²) in [4.78, 5) is 11.7. The third-order valence-electron chi connectivity index (χ3n) is 2.61. The number of ether oxygens (including phenoxy) is 2. The molecule has 0 amide bonds. The lowest BCUT2D eigenvalue weighted by Crippen LogP contribution is -2.42. The molecule has 1 rings (SSSR count). The van der Waals surface area contributed by atoms with Gasteiger partial charge in [0.05, 0.1) is 6.61 Å². The Bertz CT molecular complexity index is 434. The van der Waals surface area contributed by atoms with Gasteiger partial charge in [0, 0.05) is 6.07 Å². The third-order valence-corrected chi connectivity index (χ3v) is 2.61. The lowest BCUT2D eigenvalue weighted by molar-refractivity contribution is -0.160. The van der Waals surface area contributed by atoms with E-state index < -0.39 is 23.2 Å². The molecule has 0 radical (unpaired) electrons. The summed E-state index contributed by atoms with van der Waals surface area (Å²) in [7, 11) is 0. The number of carbonyl (C=O) groups excluding carboxylic acids is 1. The SMILES string of the molecule is CCOC(=O)C(C)(CC)Oc1ccc(F)cc1F. The minimum absolute atomic E-state index is 0.172. The molecule has 5 heteroatoms. The maximum atomic E-state index is 13.4. The van der Waals surface area contributed by atoms with Crippen LogP contribution in [0.3, 0.4) is 0 Å². The summed E-state index contributed by atoms with van der Waals surface area (Å²) in [6.07, 6.45) is 0.308. The van der Waals surface area contributed by atoms with Crippen molar-refractivity contribution in [1.82, 2.24) is 0 Å². The molecular formula is C13H16F2O3. The zero-order valence-electron chi connectivity index (χ0n) is 10.6. The smallest absolute Gasteiger partial charge is 0.350 e. The van der Waals surface area contributed by atoms with E-state index in [1.807, 2.05) is 0 Å². The van der Waals surface area contributed by atoms with Crippen LogP contribution < -0.4 is 4.74 Å². The Hall–Kier alpha value is -1.65. The summed E-state index contributed by atoms with van der Waals surface area (Å²) in [6.45, 7) is 5.11. The summed E-state index contributed by atoms with van der Waals surface area (Å²) in [5.74, 6) is -2.29. The monoisotopic (exact) mass is 258 g/mol. The van der Waals surface area contributed by atoms with Crippen molar-refractivity contribution in [2.45, 2.75) is 32.8 Å². The summed E-state index contributed by atoms with van der Waals surface area (Å²) in [5, 5.41) is 0. The molecule has 3 nitrogen and oxygen atoms in total. The zero-order valence-corrected chi connectivity index (χ0v) is 10.6. The van der Waals surface area contributed by atoms with Crippen LogP contribution in [-0.2, 0) is 9.53 Å². The lowest BCUT2D eigenvalue weighted by atomic mass is 10.0. The van der Waals surface area contributed by atoms with E-state index in [9.17, 15) is 13.6 Å². The van der Waals surface area contributed by atoms with Crippen molar-refractivity contribution in [3.8, 4) is 5.75 Å². The van der Waals surface area contributed by atoms with Gasteiger partial charge in [-0.25, -0.2) is 13.6 Å². The Labute approximate surface area is 105 Å². The van der Waals surface area contributed by atoms with E-state index in [1.165, 1.54) is 6.92 Å². The predicted octanol–water partition coefficient (Wildman–Crippen LogP) is 3.08. The third kappa shape index (κ3) is 3.18. The molecule has 18 heavy (non-hydrogen) atoms. The van der Waals surface area contributed by atoms with Gasteiger partial charge in [-0.15, -0.1) is 0 Å². The van der Waals surface area contributed by atoms with E-state index in [-0.39, 0.29) is 12.4 Å². The summed E-state index contributed by atoms with van der Waals surface area (Å²) in [5.41, 5.74) is -1.28. The number of esters is 1. The summed E-state index contributed by atoms with van der Waals surface area (Å²) >= 11 is 0. The van der Waals surface area contributed by atoms with Gasteiger partial charge in [0.1, 0.15) is 5.82 Å². The topological polar surface area (TPSA) is 35.5 Å². The Morgan fingerprint density at radius 3 is 2.50 bits per heavy atom. The normalized spacial score (nSPS) is 13.8. The second kappa shape index (κ2) is 5.80. The molecule has 0 aromatic heterocycles. The first-order chi connectivity index (χ1) is 8.42. The van der Waals surface area contributed by atoms with Gasteiger partial charge in [-0.2, -0.15) is 0 Å². The highest BCUT2D eigenvalue weighted by Gasteiger charge is 2.36. The fourth-order valence-electron chi connectivity index (χ4n) is 1.34. The molecule has 0 aliphatic carbocycles. The van der Waals surface area contributed by atoms with Crippen molar-refractivity contribution in [1.29, 1.82) is 0 Å². The minimum Gasteiger partial charge on any atom is -0.473 e. The predicted molar refractivity (Wildman–Crippen MR) is 62.3 cm³/mol. The van der Waals surface area contributed by atoms with Crippen molar-refractivity contribution in [3.05, 3.63) is 29.8 Å². The number of halogens is 2. The van der Waals surface area contributed by atoms with Gasteiger partial charge < -0.3 is 9.47 Å². The highest BCUT2D eigenvalue weighted by molar-refractivity contribution is 5.79. The molecule has 0 aliphatic heterocycles. The molecule has 1 aromatic carbocycles. The highest BCUT2D eigenvalue weighted by Crippen LogP contribution is 2.25. The van der Waals surface area contributed by atoms with Crippen LogP contribution in [0, 0.1) is 11.6 Å².